The number of halogens is 1. The summed E-state index contributed by atoms with van der Waals surface area (Å²) in [4.78, 5) is 24.0. The van der Waals surface area contributed by atoms with Gasteiger partial charge in [-0.1, -0.05) is 53.4 Å². The van der Waals surface area contributed by atoms with Gasteiger partial charge in [0.2, 0.25) is 5.91 Å². The van der Waals surface area contributed by atoms with Gasteiger partial charge in [0.25, 0.3) is 5.91 Å². The molecule has 1 fully saturated rings. The number of hydrogen-bond acceptors (Lipinski definition) is 6. The van der Waals surface area contributed by atoms with Crippen molar-refractivity contribution in [1.29, 1.82) is 0 Å². The molecule has 2 aromatic rings. The van der Waals surface area contributed by atoms with Crippen LogP contribution >= 0.6 is 34.7 Å². The maximum absolute atomic E-state index is 12.0. The van der Waals surface area contributed by atoms with E-state index in [-0.39, 0.29) is 23.6 Å². The Balaban J connectivity index is 1.59. The van der Waals surface area contributed by atoms with Gasteiger partial charge in [0.05, 0.1) is 5.75 Å². The van der Waals surface area contributed by atoms with Gasteiger partial charge in [-0.15, -0.1) is 21.8 Å². The minimum Gasteiger partial charge on any atom is -0.272 e. The van der Waals surface area contributed by atoms with Crippen LogP contribution in [0.2, 0.25) is 0 Å². The second-order valence-corrected chi connectivity index (χ2v) is 7.75. The Bertz CT molecular complexity index is 725. The maximum Gasteiger partial charge on any atom is 0.262 e. The van der Waals surface area contributed by atoms with Crippen molar-refractivity contribution in [3.8, 4) is 0 Å². The van der Waals surface area contributed by atoms with Crippen LogP contribution in [-0.2, 0) is 9.59 Å². The minimum atomic E-state index is -0.656. The Morgan fingerprint density at radius 3 is 2.78 bits per heavy atom. The predicted octanol–water partition coefficient (Wildman–Crippen LogP) is 2.16. The number of rotatable bonds is 5. The molecular weight excluding hydrogens is 356 g/mol. The second-order valence-electron chi connectivity index (χ2n) is 4.88. The lowest BCUT2D eigenvalue weighted by molar-refractivity contribution is -0.155. The first-order chi connectivity index (χ1) is 11.1. The van der Waals surface area contributed by atoms with E-state index in [4.69, 9.17) is 11.6 Å². The monoisotopic (exact) mass is 368 g/mol. The number of aromatic nitrogens is 2. The zero-order valence-electron chi connectivity index (χ0n) is 12.1. The van der Waals surface area contributed by atoms with Gasteiger partial charge in [-0.2, -0.15) is 0 Å². The third-order valence-electron chi connectivity index (χ3n) is 3.25. The summed E-state index contributed by atoms with van der Waals surface area (Å²) in [6.07, 6.45) is 0. The van der Waals surface area contributed by atoms with Gasteiger partial charge in [0, 0.05) is 0 Å². The first-order valence-corrected chi connectivity index (χ1v) is 9.04. The van der Waals surface area contributed by atoms with Crippen LogP contribution in [0, 0.1) is 6.92 Å². The van der Waals surface area contributed by atoms with E-state index in [1.807, 2.05) is 37.3 Å². The third kappa shape index (κ3) is 3.49. The summed E-state index contributed by atoms with van der Waals surface area (Å²) in [5.74, 6) is -0.418. The summed E-state index contributed by atoms with van der Waals surface area (Å²) in [5, 5.41) is 9.31. The van der Waals surface area contributed by atoms with E-state index in [1.54, 1.807) is 0 Å². The third-order valence-corrected chi connectivity index (χ3v) is 5.65. The molecule has 1 aromatic heterocycles. The van der Waals surface area contributed by atoms with Crippen molar-refractivity contribution >= 4 is 46.5 Å². The van der Waals surface area contributed by atoms with Gasteiger partial charge in [0.1, 0.15) is 16.4 Å². The number of amides is 2. The molecule has 2 amide bonds. The summed E-state index contributed by atoms with van der Waals surface area (Å²) in [6.45, 7) is 1.85. The molecule has 2 unspecified atom stereocenters. The zero-order valence-corrected chi connectivity index (χ0v) is 14.5. The smallest absolute Gasteiger partial charge is 0.262 e. The van der Waals surface area contributed by atoms with E-state index in [1.165, 1.54) is 28.1 Å². The molecule has 1 saturated heterocycles. The van der Waals surface area contributed by atoms with Gasteiger partial charge in [-0.25, -0.2) is 5.01 Å². The fourth-order valence-electron chi connectivity index (χ4n) is 2.18. The van der Waals surface area contributed by atoms with Crippen LogP contribution in [0.15, 0.2) is 34.7 Å². The average molecular weight is 369 g/mol. The Morgan fingerprint density at radius 1 is 1.39 bits per heavy atom. The van der Waals surface area contributed by atoms with E-state index in [0.717, 1.165) is 14.9 Å². The van der Waals surface area contributed by atoms with Crippen LogP contribution in [0.4, 0.5) is 0 Å². The second kappa shape index (κ2) is 6.86. The Labute approximate surface area is 146 Å². The number of hydrogen-bond donors (Lipinski definition) is 1. The van der Waals surface area contributed by atoms with Crippen LogP contribution in [0.5, 0.6) is 0 Å². The molecule has 1 N–H and O–H groups in total. The summed E-state index contributed by atoms with van der Waals surface area (Å²) < 4.78 is 0.724. The number of carbonyl (C=O) groups excluding carboxylic acids is 2. The highest BCUT2D eigenvalue weighted by Gasteiger charge is 2.48. The fraction of sp³-hybridized carbons (Fsp3) is 0.286. The molecule has 1 aliphatic heterocycles. The van der Waals surface area contributed by atoms with E-state index < -0.39 is 5.38 Å². The summed E-state index contributed by atoms with van der Waals surface area (Å²) >= 11 is 8.80. The lowest BCUT2D eigenvalue weighted by Crippen LogP contribution is -2.63. The highest BCUT2D eigenvalue weighted by molar-refractivity contribution is 8.01. The molecule has 1 aromatic carbocycles. The molecule has 0 radical (unpaired) electrons. The molecule has 3 rings (SSSR count). The van der Waals surface area contributed by atoms with Crippen molar-refractivity contribution in [2.24, 2.45) is 0 Å². The highest BCUT2D eigenvalue weighted by atomic mass is 35.5. The van der Waals surface area contributed by atoms with Crippen LogP contribution in [-0.4, -0.2) is 38.2 Å². The zero-order chi connectivity index (χ0) is 16.4. The van der Waals surface area contributed by atoms with Gasteiger partial charge in [-0.05, 0) is 12.5 Å². The number of alkyl halides is 1. The number of carbonyl (C=O) groups is 2. The SMILES string of the molecule is Cc1nnc(SCC(=O)NN2C(=O)C(Cl)C2c2ccccc2)s1. The number of nitrogens with zero attached hydrogens (tertiary/aromatic N) is 3. The molecule has 0 spiro atoms. The largest absolute Gasteiger partial charge is 0.272 e. The Kier molecular flexibility index (Phi) is 4.84. The molecule has 6 nitrogen and oxygen atoms in total. The van der Waals surface area contributed by atoms with Crippen molar-refractivity contribution < 1.29 is 9.59 Å². The molecule has 0 aliphatic carbocycles. The minimum absolute atomic E-state index is 0.160. The van der Waals surface area contributed by atoms with E-state index in [2.05, 4.69) is 15.6 Å². The van der Waals surface area contributed by atoms with Gasteiger partial charge in [0.15, 0.2) is 4.34 Å². The van der Waals surface area contributed by atoms with Crippen LogP contribution in [0.1, 0.15) is 16.6 Å². The first-order valence-electron chi connectivity index (χ1n) is 6.81. The van der Waals surface area contributed by atoms with Gasteiger partial charge < -0.3 is 0 Å². The normalized spacial score (nSPS) is 20.3. The van der Waals surface area contributed by atoms with Gasteiger partial charge >= 0.3 is 0 Å². The van der Waals surface area contributed by atoms with Crippen molar-refractivity contribution in [2.45, 2.75) is 22.7 Å². The van der Waals surface area contributed by atoms with Crippen molar-refractivity contribution in [3.05, 3.63) is 40.9 Å². The fourth-order valence-corrected chi connectivity index (χ4v) is 4.15. The Hall–Kier alpha value is -1.64. The van der Waals surface area contributed by atoms with Gasteiger partial charge in [-0.3, -0.25) is 15.0 Å². The molecule has 1 aliphatic rings. The number of aryl methyl sites for hydroxylation is 1. The van der Waals surface area contributed by atoms with Crippen LogP contribution in [0.25, 0.3) is 0 Å². The molecule has 2 heterocycles. The number of hydrazine groups is 1. The van der Waals surface area contributed by atoms with Crippen molar-refractivity contribution in [2.75, 3.05) is 5.75 Å². The van der Waals surface area contributed by atoms with Crippen LogP contribution in [0.3, 0.4) is 0 Å². The number of benzene rings is 1. The predicted molar refractivity (Wildman–Crippen MR) is 89.2 cm³/mol. The number of nitrogens with one attached hydrogen (secondary N) is 1. The number of β-lactam (4-membered cyclic amide) rings is 1. The van der Waals surface area contributed by atoms with Crippen LogP contribution < -0.4 is 5.43 Å². The molecule has 0 bridgehead atoms. The molecule has 0 saturated carbocycles. The van der Waals surface area contributed by atoms with Crippen molar-refractivity contribution in [3.63, 3.8) is 0 Å². The number of thioether (sulfide) groups is 1. The molecule has 2 atom stereocenters. The summed E-state index contributed by atoms with van der Waals surface area (Å²) in [6, 6.07) is 9.04. The first kappa shape index (κ1) is 16.2. The molecule has 120 valence electrons. The van der Waals surface area contributed by atoms with Crippen molar-refractivity contribution in [1.82, 2.24) is 20.6 Å². The average Bonchev–Trinajstić information content (AvgIpc) is 2.98. The van der Waals surface area contributed by atoms with E-state index in [0.29, 0.717) is 0 Å². The highest BCUT2D eigenvalue weighted by Crippen LogP contribution is 2.36. The lowest BCUT2D eigenvalue weighted by atomic mass is 9.95. The molecule has 23 heavy (non-hydrogen) atoms. The molecule has 9 heteroatoms. The lowest BCUT2D eigenvalue weighted by Gasteiger charge is -2.43. The topological polar surface area (TPSA) is 75.2 Å². The standard InChI is InChI=1S/C14H13ClN4O2S2/c1-8-16-17-14(23-8)22-7-10(20)18-19-12(11(15)13(19)21)9-5-3-2-4-6-9/h2-6,11-12H,7H2,1H3,(H,18,20). The summed E-state index contributed by atoms with van der Waals surface area (Å²) in [7, 11) is 0. The Morgan fingerprint density at radius 2 is 2.13 bits per heavy atom. The summed E-state index contributed by atoms with van der Waals surface area (Å²) in [5.41, 5.74) is 3.51. The maximum atomic E-state index is 12.0. The quantitative estimate of drug-likeness (QED) is 0.497. The van der Waals surface area contributed by atoms with E-state index in [9.17, 15) is 9.59 Å². The van der Waals surface area contributed by atoms with E-state index >= 15 is 0 Å². The molecular formula is C14H13ClN4O2S2.